The summed E-state index contributed by atoms with van der Waals surface area (Å²) in [5, 5.41) is 14.3. The van der Waals surface area contributed by atoms with Gasteiger partial charge in [0.2, 0.25) is 5.91 Å². The molecule has 2 aromatic carbocycles. The van der Waals surface area contributed by atoms with Gasteiger partial charge in [-0.2, -0.15) is 0 Å². The van der Waals surface area contributed by atoms with Crippen molar-refractivity contribution >= 4 is 22.6 Å². The molecule has 0 saturated carbocycles. The van der Waals surface area contributed by atoms with E-state index < -0.39 is 11.5 Å². The molecule has 1 aliphatic rings. The molecular formula is C21H25NO5. The Bertz CT molecular complexity index is 842. The molecule has 0 radical (unpaired) electrons. The van der Waals surface area contributed by atoms with Gasteiger partial charge in [-0.05, 0) is 48.2 Å². The van der Waals surface area contributed by atoms with Crippen molar-refractivity contribution in [3.8, 4) is 5.75 Å². The molecule has 1 saturated heterocycles. The van der Waals surface area contributed by atoms with Gasteiger partial charge in [-0.3, -0.25) is 9.59 Å². The van der Waals surface area contributed by atoms with E-state index in [1.165, 1.54) is 0 Å². The number of rotatable bonds is 6. The van der Waals surface area contributed by atoms with Crippen LogP contribution in [0.4, 0.5) is 0 Å². The maximum Gasteiger partial charge on any atom is 0.305 e. The van der Waals surface area contributed by atoms with Crippen molar-refractivity contribution in [1.29, 1.82) is 0 Å². The lowest BCUT2D eigenvalue weighted by atomic mass is 9.85. The largest absolute Gasteiger partial charge is 0.497 e. The van der Waals surface area contributed by atoms with Crippen LogP contribution in [0.25, 0.3) is 10.8 Å². The molecule has 1 aliphatic heterocycles. The number of carboxylic acid groups (broad SMARTS) is 1. The zero-order valence-electron chi connectivity index (χ0n) is 15.7. The number of carbonyl (C=O) groups is 2. The lowest BCUT2D eigenvalue weighted by molar-refractivity contribution is -0.140. The van der Waals surface area contributed by atoms with Crippen LogP contribution in [0.3, 0.4) is 0 Å². The van der Waals surface area contributed by atoms with Gasteiger partial charge in [-0.25, -0.2) is 0 Å². The van der Waals surface area contributed by atoms with Crippen LogP contribution in [-0.4, -0.2) is 42.8 Å². The molecule has 27 heavy (non-hydrogen) atoms. The molecule has 2 N–H and O–H groups in total. The highest BCUT2D eigenvalue weighted by Crippen LogP contribution is 2.28. The number of fused-ring (bicyclic) bond motifs is 1. The number of amides is 1. The Morgan fingerprint density at radius 3 is 2.52 bits per heavy atom. The number of hydrogen-bond acceptors (Lipinski definition) is 4. The zero-order valence-corrected chi connectivity index (χ0v) is 15.7. The number of nitrogens with one attached hydrogen (secondary N) is 1. The molecule has 0 unspecified atom stereocenters. The van der Waals surface area contributed by atoms with E-state index in [1.54, 1.807) is 7.11 Å². The number of benzene rings is 2. The average Bonchev–Trinajstić information content (AvgIpc) is 2.66. The Hall–Kier alpha value is -2.60. The Morgan fingerprint density at radius 2 is 1.85 bits per heavy atom. The van der Waals surface area contributed by atoms with Crippen LogP contribution in [0.2, 0.25) is 0 Å². The highest BCUT2D eigenvalue weighted by molar-refractivity contribution is 5.89. The molecule has 0 aromatic heterocycles. The van der Waals surface area contributed by atoms with Gasteiger partial charge >= 0.3 is 5.97 Å². The van der Waals surface area contributed by atoms with E-state index in [-0.39, 0.29) is 18.2 Å². The smallest absolute Gasteiger partial charge is 0.305 e. The second-order valence-corrected chi connectivity index (χ2v) is 7.15. The van der Waals surface area contributed by atoms with E-state index in [9.17, 15) is 14.7 Å². The highest BCUT2D eigenvalue weighted by Gasteiger charge is 2.37. The predicted octanol–water partition coefficient (Wildman–Crippen LogP) is 3.09. The molecule has 1 fully saturated rings. The lowest BCUT2D eigenvalue weighted by Crippen LogP contribution is -2.54. The normalized spacial score (nSPS) is 17.3. The first-order valence-corrected chi connectivity index (χ1v) is 9.12. The fraction of sp³-hybridized carbons (Fsp3) is 0.429. The second kappa shape index (κ2) is 7.96. The molecule has 6 heteroatoms. The van der Waals surface area contributed by atoms with Gasteiger partial charge in [0.15, 0.2) is 0 Å². The minimum atomic E-state index is -0.912. The number of hydrogen-bond donors (Lipinski definition) is 2. The number of ether oxygens (including phenoxy) is 2. The third kappa shape index (κ3) is 4.39. The minimum Gasteiger partial charge on any atom is -0.497 e. The van der Waals surface area contributed by atoms with E-state index in [2.05, 4.69) is 5.32 Å². The predicted molar refractivity (Wildman–Crippen MR) is 102 cm³/mol. The molecule has 6 nitrogen and oxygen atoms in total. The van der Waals surface area contributed by atoms with Crippen molar-refractivity contribution in [2.24, 2.45) is 0 Å². The van der Waals surface area contributed by atoms with Crippen LogP contribution in [0.1, 0.15) is 37.7 Å². The van der Waals surface area contributed by atoms with E-state index in [0.29, 0.717) is 26.1 Å². The van der Waals surface area contributed by atoms with Crippen LogP contribution in [0, 0.1) is 0 Å². The first kappa shape index (κ1) is 19.2. The van der Waals surface area contributed by atoms with Crippen LogP contribution < -0.4 is 10.1 Å². The Kier molecular flexibility index (Phi) is 5.65. The van der Waals surface area contributed by atoms with Gasteiger partial charge < -0.3 is 19.9 Å². The topological polar surface area (TPSA) is 84.9 Å². The minimum absolute atomic E-state index is 0.0909. The number of carbonyl (C=O) groups excluding carboxylic acids is 1. The molecular weight excluding hydrogens is 346 g/mol. The number of carboxylic acids is 1. The summed E-state index contributed by atoms with van der Waals surface area (Å²) in [5.41, 5.74) is 0.155. The summed E-state index contributed by atoms with van der Waals surface area (Å²) in [6.45, 7) is 2.76. The standard InChI is InChI=1S/C21H25NO5/c1-14(15-3-4-17-12-18(26-2)6-5-16(17)11-15)20(25)22-21(13-19(23)24)7-9-27-10-8-21/h3-6,11-12,14H,7-10,13H2,1-2H3,(H,22,25)(H,23,24)/t14-/m0/s1. The van der Waals surface area contributed by atoms with Gasteiger partial charge in [0.05, 0.1) is 25.0 Å². The summed E-state index contributed by atoms with van der Waals surface area (Å²) in [6.07, 6.45) is 0.927. The van der Waals surface area contributed by atoms with Crippen LogP contribution in [-0.2, 0) is 14.3 Å². The van der Waals surface area contributed by atoms with E-state index in [4.69, 9.17) is 9.47 Å². The third-order valence-electron chi connectivity index (χ3n) is 5.29. The Labute approximate surface area is 158 Å². The quantitative estimate of drug-likeness (QED) is 0.815. The van der Waals surface area contributed by atoms with Gasteiger partial charge in [0.1, 0.15) is 5.75 Å². The van der Waals surface area contributed by atoms with Crippen LogP contribution >= 0.6 is 0 Å². The fourth-order valence-electron chi connectivity index (χ4n) is 3.56. The first-order chi connectivity index (χ1) is 12.9. The first-order valence-electron chi connectivity index (χ1n) is 9.12. The summed E-state index contributed by atoms with van der Waals surface area (Å²) in [5.74, 6) is -0.670. The van der Waals surface area contributed by atoms with Crippen molar-refractivity contribution in [2.75, 3.05) is 20.3 Å². The summed E-state index contributed by atoms with van der Waals surface area (Å²) >= 11 is 0. The Morgan fingerprint density at radius 1 is 1.19 bits per heavy atom. The third-order valence-corrected chi connectivity index (χ3v) is 5.29. The molecule has 0 bridgehead atoms. The van der Waals surface area contributed by atoms with Gasteiger partial charge in [0, 0.05) is 13.2 Å². The van der Waals surface area contributed by atoms with Gasteiger partial charge in [-0.1, -0.05) is 24.3 Å². The van der Waals surface area contributed by atoms with Crippen LogP contribution in [0.5, 0.6) is 5.75 Å². The van der Waals surface area contributed by atoms with E-state index in [1.807, 2.05) is 43.3 Å². The maximum atomic E-state index is 12.9. The number of methoxy groups -OCH3 is 1. The van der Waals surface area contributed by atoms with Crippen molar-refractivity contribution in [3.05, 3.63) is 42.0 Å². The van der Waals surface area contributed by atoms with Crippen molar-refractivity contribution in [3.63, 3.8) is 0 Å². The molecule has 0 spiro atoms. The lowest BCUT2D eigenvalue weighted by Gasteiger charge is -2.37. The van der Waals surface area contributed by atoms with Crippen LogP contribution in [0.15, 0.2) is 36.4 Å². The van der Waals surface area contributed by atoms with Gasteiger partial charge in [-0.15, -0.1) is 0 Å². The van der Waals surface area contributed by atoms with Crippen molar-refractivity contribution in [2.45, 2.75) is 37.6 Å². The maximum absolute atomic E-state index is 12.9. The van der Waals surface area contributed by atoms with Gasteiger partial charge in [0.25, 0.3) is 0 Å². The monoisotopic (exact) mass is 371 g/mol. The molecule has 0 aliphatic carbocycles. The number of aliphatic carboxylic acids is 1. The van der Waals surface area contributed by atoms with Crippen molar-refractivity contribution < 1.29 is 24.2 Å². The Balaban J connectivity index is 1.79. The molecule has 1 amide bonds. The molecule has 3 rings (SSSR count). The molecule has 1 heterocycles. The summed E-state index contributed by atoms with van der Waals surface area (Å²) in [4.78, 5) is 24.2. The summed E-state index contributed by atoms with van der Waals surface area (Å²) < 4.78 is 10.6. The summed E-state index contributed by atoms with van der Waals surface area (Å²) in [7, 11) is 1.63. The fourth-order valence-corrected chi connectivity index (χ4v) is 3.56. The molecule has 2 aromatic rings. The van der Waals surface area contributed by atoms with E-state index >= 15 is 0 Å². The molecule has 1 atom stereocenters. The highest BCUT2D eigenvalue weighted by atomic mass is 16.5. The second-order valence-electron chi connectivity index (χ2n) is 7.15. The summed E-state index contributed by atoms with van der Waals surface area (Å²) in [6, 6.07) is 11.7. The molecule has 144 valence electrons. The van der Waals surface area contributed by atoms with Crippen molar-refractivity contribution in [1.82, 2.24) is 5.32 Å². The zero-order chi connectivity index (χ0) is 19.4. The SMILES string of the molecule is COc1ccc2cc([C@H](C)C(=O)NC3(CC(=O)O)CCOCC3)ccc2c1. The van der Waals surface area contributed by atoms with E-state index in [0.717, 1.165) is 22.1 Å². The average molecular weight is 371 g/mol.